The van der Waals surface area contributed by atoms with Gasteiger partial charge in [-0.1, -0.05) is 56.9 Å². The molecule has 1 saturated carbocycles. The van der Waals surface area contributed by atoms with Gasteiger partial charge in [0.1, 0.15) is 6.29 Å². The van der Waals surface area contributed by atoms with Gasteiger partial charge < -0.3 is 9.47 Å². The van der Waals surface area contributed by atoms with E-state index >= 15 is 0 Å². The van der Waals surface area contributed by atoms with Crippen molar-refractivity contribution in [3.05, 3.63) is 48.6 Å². The average molecular weight is 377 g/mol. The fourth-order valence-electron chi connectivity index (χ4n) is 3.56. The summed E-state index contributed by atoms with van der Waals surface area (Å²) < 4.78 is 10.1. The Morgan fingerprint density at radius 2 is 1.70 bits per heavy atom. The molecule has 1 aliphatic carbocycles. The molecule has 0 amide bonds. The van der Waals surface area contributed by atoms with Crippen molar-refractivity contribution in [1.82, 2.24) is 0 Å². The predicted molar refractivity (Wildman–Crippen MR) is 115 cm³/mol. The standard InChI is InChI=1S/C16H22O.C6H14O2.C2H4/c1-13-6-2-3-7-14(13)10-11-15-8-4-5-9-16(15)12-17;1-4-7-6(3)8-5-2;1-2/h4-5,8-9,12-14H,2-3,6-7,10-11H2,1H3;6H,4-5H2,1-3H3;1-2H2. The van der Waals surface area contributed by atoms with Crippen molar-refractivity contribution >= 4 is 6.29 Å². The zero-order valence-electron chi connectivity index (χ0n) is 17.9. The molecule has 0 spiro atoms. The number of carbonyl (C=O) groups excluding carboxylic acids is 1. The summed E-state index contributed by atoms with van der Waals surface area (Å²) in [6.45, 7) is 15.6. The molecule has 3 heteroatoms. The minimum atomic E-state index is -0.0370. The fraction of sp³-hybridized carbons (Fsp3) is 0.625. The van der Waals surface area contributed by atoms with Crippen LogP contribution < -0.4 is 0 Å². The van der Waals surface area contributed by atoms with E-state index in [9.17, 15) is 4.79 Å². The van der Waals surface area contributed by atoms with Gasteiger partial charge in [0.15, 0.2) is 6.29 Å². The Morgan fingerprint density at radius 3 is 2.26 bits per heavy atom. The van der Waals surface area contributed by atoms with E-state index < -0.39 is 0 Å². The van der Waals surface area contributed by atoms with Gasteiger partial charge in [-0.2, -0.15) is 0 Å². The topological polar surface area (TPSA) is 35.5 Å². The summed E-state index contributed by atoms with van der Waals surface area (Å²) >= 11 is 0. The quantitative estimate of drug-likeness (QED) is 0.296. The minimum absolute atomic E-state index is 0.0370. The number of benzene rings is 1. The molecule has 1 aromatic rings. The van der Waals surface area contributed by atoms with E-state index in [4.69, 9.17) is 9.47 Å². The van der Waals surface area contributed by atoms with Crippen molar-refractivity contribution < 1.29 is 14.3 Å². The second-order valence-corrected chi connectivity index (χ2v) is 6.86. The lowest BCUT2D eigenvalue weighted by Gasteiger charge is -2.28. The molecule has 0 bridgehead atoms. The van der Waals surface area contributed by atoms with Crippen molar-refractivity contribution in [2.75, 3.05) is 13.2 Å². The van der Waals surface area contributed by atoms with Gasteiger partial charge in [0.25, 0.3) is 0 Å². The largest absolute Gasteiger partial charge is 0.353 e. The summed E-state index contributed by atoms with van der Waals surface area (Å²) in [5.41, 5.74) is 2.09. The monoisotopic (exact) mass is 376 g/mol. The second kappa shape index (κ2) is 16.7. The van der Waals surface area contributed by atoms with Crippen LogP contribution in [0, 0.1) is 11.8 Å². The van der Waals surface area contributed by atoms with Crippen LogP contribution >= 0.6 is 0 Å². The Morgan fingerprint density at radius 1 is 1.11 bits per heavy atom. The Kier molecular flexibility index (Phi) is 15.8. The molecule has 3 nitrogen and oxygen atoms in total. The third-order valence-electron chi connectivity index (χ3n) is 5.06. The average Bonchev–Trinajstić information content (AvgIpc) is 2.70. The Balaban J connectivity index is 0.000000574. The summed E-state index contributed by atoms with van der Waals surface area (Å²) in [4.78, 5) is 10.9. The van der Waals surface area contributed by atoms with Gasteiger partial charge in [-0.05, 0) is 51.0 Å². The van der Waals surface area contributed by atoms with Crippen LogP contribution in [0.3, 0.4) is 0 Å². The van der Waals surface area contributed by atoms with Crippen LogP contribution in [0.25, 0.3) is 0 Å². The lowest BCUT2D eigenvalue weighted by atomic mass is 9.77. The highest BCUT2D eigenvalue weighted by Gasteiger charge is 2.20. The first-order valence-corrected chi connectivity index (χ1v) is 10.4. The highest BCUT2D eigenvalue weighted by atomic mass is 16.7. The third kappa shape index (κ3) is 11.1. The number of hydrogen-bond acceptors (Lipinski definition) is 3. The molecule has 0 N–H and O–H groups in total. The maximum Gasteiger partial charge on any atom is 0.154 e. The molecule has 0 saturated heterocycles. The molecule has 2 atom stereocenters. The van der Waals surface area contributed by atoms with E-state index in [0.29, 0.717) is 0 Å². The number of aryl methyl sites for hydroxylation is 1. The maximum atomic E-state index is 10.9. The van der Waals surface area contributed by atoms with E-state index in [0.717, 1.165) is 43.3 Å². The van der Waals surface area contributed by atoms with Crippen molar-refractivity contribution in [3.8, 4) is 0 Å². The molecule has 1 aromatic carbocycles. The summed E-state index contributed by atoms with van der Waals surface area (Å²) in [6, 6.07) is 7.99. The van der Waals surface area contributed by atoms with Crippen LogP contribution in [0.4, 0.5) is 0 Å². The highest BCUT2D eigenvalue weighted by molar-refractivity contribution is 5.77. The second-order valence-electron chi connectivity index (χ2n) is 6.86. The predicted octanol–water partition coefficient (Wildman–Crippen LogP) is 6.47. The zero-order valence-corrected chi connectivity index (χ0v) is 17.9. The molecule has 0 aliphatic heterocycles. The van der Waals surface area contributed by atoms with Gasteiger partial charge in [-0.3, -0.25) is 4.79 Å². The van der Waals surface area contributed by atoms with E-state index in [1.165, 1.54) is 37.7 Å². The van der Waals surface area contributed by atoms with E-state index in [2.05, 4.69) is 26.1 Å². The Labute approximate surface area is 167 Å². The number of carbonyl (C=O) groups is 1. The number of ether oxygens (including phenoxy) is 2. The van der Waals surface area contributed by atoms with Crippen molar-refractivity contribution in [2.45, 2.75) is 72.5 Å². The van der Waals surface area contributed by atoms with Crippen molar-refractivity contribution in [2.24, 2.45) is 11.8 Å². The summed E-state index contributed by atoms with van der Waals surface area (Å²) in [7, 11) is 0. The van der Waals surface area contributed by atoms with Gasteiger partial charge in [0.05, 0.1) is 0 Å². The Bertz CT molecular complexity index is 480. The van der Waals surface area contributed by atoms with Crippen molar-refractivity contribution in [3.63, 3.8) is 0 Å². The van der Waals surface area contributed by atoms with Crippen LogP contribution in [0.15, 0.2) is 37.4 Å². The maximum absolute atomic E-state index is 10.9. The van der Waals surface area contributed by atoms with Crippen molar-refractivity contribution in [1.29, 1.82) is 0 Å². The van der Waals surface area contributed by atoms with E-state index in [-0.39, 0.29) is 6.29 Å². The first-order chi connectivity index (χ1) is 13.1. The first-order valence-electron chi connectivity index (χ1n) is 10.4. The number of hydrogen-bond donors (Lipinski definition) is 0. The normalized spacial score (nSPS) is 18.7. The summed E-state index contributed by atoms with van der Waals surface area (Å²) in [5, 5.41) is 0. The fourth-order valence-corrected chi connectivity index (χ4v) is 3.56. The molecule has 0 aromatic heterocycles. The number of rotatable bonds is 8. The SMILES string of the molecule is C=C.CC1CCCCC1CCc1ccccc1C=O.CCOC(C)OCC. The van der Waals surface area contributed by atoms with Crippen LogP contribution in [0.5, 0.6) is 0 Å². The molecular formula is C24H40O3. The van der Waals surface area contributed by atoms with Gasteiger partial charge in [0, 0.05) is 18.8 Å². The summed E-state index contributed by atoms with van der Waals surface area (Å²) in [6.07, 6.45) is 8.82. The molecule has 27 heavy (non-hydrogen) atoms. The first kappa shape index (κ1) is 25.6. The van der Waals surface area contributed by atoms with Crippen LogP contribution in [0.2, 0.25) is 0 Å². The van der Waals surface area contributed by atoms with Gasteiger partial charge in [-0.15, -0.1) is 13.2 Å². The van der Waals surface area contributed by atoms with Crippen LogP contribution in [0.1, 0.15) is 75.7 Å². The lowest BCUT2D eigenvalue weighted by Crippen LogP contribution is -2.17. The molecule has 154 valence electrons. The van der Waals surface area contributed by atoms with Crippen LogP contribution in [-0.4, -0.2) is 25.8 Å². The molecule has 2 unspecified atom stereocenters. The molecule has 2 rings (SSSR count). The molecule has 0 heterocycles. The molecular weight excluding hydrogens is 336 g/mol. The van der Waals surface area contributed by atoms with E-state index in [1.807, 2.05) is 39.0 Å². The zero-order chi connectivity index (χ0) is 20.5. The third-order valence-corrected chi connectivity index (χ3v) is 5.06. The van der Waals surface area contributed by atoms with Gasteiger partial charge in [-0.25, -0.2) is 0 Å². The molecule has 1 aliphatic rings. The van der Waals surface area contributed by atoms with Crippen LogP contribution in [-0.2, 0) is 15.9 Å². The van der Waals surface area contributed by atoms with E-state index in [1.54, 1.807) is 0 Å². The molecule has 1 fully saturated rings. The molecule has 0 radical (unpaired) electrons. The highest BCUT2D eigenvalue weighted by Crippen LogP contribution is 2.32. The van der Waals surface area contributed by atoms with Gasteiger partial charge >= 0.3 is 0 Å². The lowest BCUT2D eigenvalue weighted by molar-refractivity contribution is -0.123. The smallest absolute Gasteiger partial charge is 0.154 e. The Hall–Kier alpha value is -1.45. The minimum Gasteiger partial charge on any atom is -0.353 e. The van der Waals surface area contributed by atoms with Gasteiger partial charge in [0.2, 0.25) is 0 Å². The number of aldehydes is 1. The summed E-state index contributed by atoms with van der Waals surface area (Å²) in [5.74, 6) is 1.73.